The minimum atomic E-state index is -3.53. The van der Waals surface area contributed by atoms with Crippen LogP contribution in [-0.2, 0) is 19.6 Å². The molecule has 0 unspecified atom stereocenters. The van der Waals surface area contributed by atoms with Gasteiger partial charge in [0.2, 0.25) is 10.0 Å². The molecule has 1 aliphatic rings. The number of hydrogen-bond acceptors (Lipinski definition) is 5. The zero-order valence-corrected chi connectivity index (χ0v) is 14.5. The van der Waals surface area contributed by atoms with Crippen LogP contribution in [0, 0.1) is 5.92 Å². The van der Waals surface area contributed by atoms with E-state index in [4.69, 9.17) is 9.47 Å². The molecule has 1 saturated heterocycles. The molecule has 0 saturated carbocycles. The number of ether oxygens (including phenoxy) is 2. The summed E-state index contributed by atoms with van der Waals surface area (Å²) in [6, 6.07) is 6.32. The van der Waals surface area contributed by atoms with Crippen LogP contribution in [0.5, 0.6) is 5.75 Å². The van der Waals surface area contributed by atoms with Crippen LogP contribution in [0.1, 0.15) is 26.7 Å². The number of nitrogens with zero attached hydrogens (tertiary/aromatic N) is 1. The molecule has 0 radical (unpaired) electrons. The predicted octanol–water partition coefficient (Wildman–Crippen LogP) is 2.05. The Hall–Kier alpha value is -1.60. The number of piperidine rings is 1. The lowest BCUT2D eigenvalue weighted by atomic mass is 9.98. The van der Waals surface area contributed by atoms with Gasteiger partial charge in [-0.05, 0) is 51.0 Å². The summed E-state index contributed by atoms with van der Waals surface area (Å²) in [7, 11) is -2.00. The molecule has 0 amide bonds. The van der Waals surface area contributed by atoms with E-state index in [9.17, 15) is 13.2 Å². The van der Waals surface area contributed by atoms with Gasteiger partial charge in [0.15, 0.2) is 0 Å². The Labute approximate surface area is 137 Å². The van der Waals surface area contributed by atoms with Gasteiger partial charge in [-0.2, -0.15) is 4.31 Å². The second kappa shape index (κ2) is 7.31. The molecule has 1 aromatic carbocycles. The predicted molar refractivity (Wildman–Crippen MR) is 85.7 cm³/mol. The first kappa shape index (κ1) is 17.7. The molecule has 1 aliphatic heterocycles. The van der Waals surface area contributed by atoms with Crippen molar-refractivity contribution in [1.29, 1.82) is 0 Å². The fourth-order valence-electron chi connectivity index (χ4n) is 2.56. The first-order valence-electron chi connectivity index (χ1n) is 7.69. The molecule has 0 bridgehead atoms. The van der Waals surface area contributed by atoms with E-state index in [1.54, 1.807) is 26.0 Å². The maximum Gasteiger partial charge on any atom is 0.309 e. The molecule has 0 atom stereocenters. The lowest BCUT2D eigenvalue weighted by Crippen LogP contribution is -2.40. The Balaban J connectivity index is 2.01. The van der Waals surface area contributed by atoms with E-state index >= 15 is 0 Å². The summed E-state index contributed by atoms with van der Waals surface area (Å²) in [5.74, 6) is 0.153. The van der Waals surface area contributed by atoms with Crippen molar-refractivity contribution in [3.05, 3.63) is 24.3 Å². The normalized spacial score (nSPS) is 17.2. The largest absolute Gasteiger partial charge is 0.497 e. The second-order valence-corrected chi connectivity index (χ2v) is 7.78. The van der Waals surface area contributed by atoms with Crippen LogP contribution in [0.3, 0.4) is 0 Å². The van der Waals surface area contributed by atoms with E-state index in [2.05, 4.69) is 0 Å². The molecule has 6 nitrogen and oxygen atoms in total. The third-order valence-corrected chi connectivity index (χ3v) is 5.75. The highest BCUT2D eigenvalue weighted by Crippen LogP contribution is 2.25. The van der Waals surface area contributed by atoms with Gasteiger partial charge >= 0.3 is 5.97 Å². The van der Waals surface area contributed by atoms with Gasteiger partial charge < -0.3 is 9.47 Å². The van der Waals surface area contributed by atoms with Gasteiger partial charge in [0.25, 0.3) is 0 Å². The number of hydrogen-bond donors (Lipinski definition) is 0. The van der Waals surface area contributed by atoms with Crippen LogP contribution in [-0.4, -0.2) is 45.0 Å². The lowest BCUT2D eigenvalue weighted by molar-refractivity contribution is -0.153. The Morgan fingerprint density at radius 3 is 2.22 bits per heavy atom. The molecule has 0 aliphatic carbocycles. The standard InChI is InChI=1S/C16H23NO5S/c1-12(2)22-16(18)13-8-10-17(11-9-13)23(19,20)15-6-4-14(21-3)5-7-15/h4-7,12-13H,8-11H2,1-3H3. The Kier molecular flexibility index (Phi) is 5.64. The number of esters is 1. The third kappa shape index (κ3) is 4.23. The van der Waals surface area contributed by atoms with Gasteiger partial charge in [-0.3, -0.25) is 4.79 Å². The van der Waals surface area contributed by atoms with E-state index < -0.39 is 10.0 Å². The van der Waals surface area contributed by atoms with Crippen molar-refractivity contribution in [1.82, 2.24) is 4.31 Å². The fourth-order valence-corrected chi connectivity index (χ4v) is 4.03. The minimum Gasteiger partial charge on any atom is -0.497 e. The van der Waals surface area contributed by atoms with Crippen molar-refractivity contribution >= 4 is 16.0 Å². The molecule has 7 heteroatoms. The molecule has 23 heavy (non-hydrogen) atoms. The van der Waals surface area contributed by atoms with E-state index in [1.807, 2.05) is 0 Å². The van der Waals surface area contributed by atoms with E-state index in [0.29, 0.717) is 31.7 Å². The van der Waals surface area contributed by atoms with Crippen LogP contribution in [0.15, 0.2) is 29.2 Å². The fraction of sp³-hybridized carbons (Fsp3) is 0.562. The van der Waals surface area contributed by atoms with Crippen molar-refractivity contribution < 1.29 is 22.7 Å². The zero-order valence-electron chi connectivity index (χ0n) is 13.7. The molecule has 1 fully saturated rings. The molecule has 128 valence electrons. The summed E-state index contributed by atoms with van der Waals surface area (Å²) >= 11 is 0. The number of methoxy groups -OCH3 is 1. The SMILES string of the molecule is COc1ccc(S(=O)(=O)N2CCC(C(=O)OC(C)C)CC2)cc1. The van der Waals surface area contributed by atoms with Crippen LogP contribution in [0.4, 0.5) is 0 Å². The van der Waals surface area contributed by atoms with Crippen LogP contribution >= 0.6 is 0 Å². The van der Waals surface area contributed by atoms with Crippen molar-refractivity contribution in [2.75, 3.05) is 20.2 Å². The van der Waals surface area contributed by atoms with Crippen LogP contribution in [0.25, 0.3) is 0 Å². The second-order valence-electron chi connectivity index (χ2n) is 5.84. The quantitative estimate of drug-likeness (QED) is 0.767. The molecule has 0 spiro atoms. The summed E-state index contributed by atoms with van der Waals surface area (Å²) in [6.07, 6.45) is 0.825. The summed E-state index contributed by atoms with van der Waals surface area (Å²) < 4.78 is 36.9. The topological polar surface area (TPSA) is 72.9 Å². The molecule has 1 heterocycles. The number of carbonyl (C=O) groups excluding carboxylic acids is 1. The average Bonchev–Trinajstić information content (AvgIpc) is 2.54. The molecular weight excluding hydrogens is 318 g/mol. The van der Waals surface area contributed by atoms with Gasteiger partial charge in [0.05, 0.1) is 24.0 Å². The molecule has 0 aromatic heterocycles. The highest BCUT2D eigenvalue weighted by Gasteiger charge is 2.33. The summed E-state index contributed by atoms with van der Waals surface area (Å²) in [4.78, 5) is 12.1. The maximum absolute atomic E-state index is 12.6. The van der Waals surface area contributed by atoms with Crippen molar-refractivity contribution in [3.63, 3.8) is 0 Å². The minimum absolute atomic E-state index is 0.149. The highest BCUT2D eigenvalue weighted by molar-refractivity contribution is 7.89. The number of carbonyl (C=O) groups is 1. The molecule has 1 aromatic rings. The summed E-state index contributed by atoms with van der Waals surface area (Å²) in [6.45, 7) is 4.26. The molecule has 2 rings (SSSR count). The highest BCUT2D eigenvalue weighted by atomic mass is 32.2. The van der Waals surface area contributed by atoms with Gasteiger partial charge in [0, 0.05) is 13.1 Å². The van der Waals surface area contributed by atoms with Crippen LogP contribution in [0.2, 0.25) is 0 Å². The van der Waals surface area contributed by atoms with E-state index in [0.717, 1.165) is 0 Å². The zero-order chi connectivity index (χ0) is 17.0. The van der Waals surface area contributed by atoms with Gasteiger partial charge in [-0.25, -0.2) is 8.42 Å². The monoisotopic (exact) mass is 341 g/mol. The smallest absolute Gasteiger partial charge is 0.309 e. The summed E-state index contributed by atoms with van der Waals surface area (Å²) in [5.41, 5.74) is 0. The van der Waals surface area contributed by atoms with Crippen molar-refractivity contribution in [2.24, 2.45) is 5.92 Å². The van der Waals surface area contributed by atoms with Crippen molar-refractivity contribution in [3.8, 4) is 5.75 Å². The lowest BCUT2D eigenvalue weighted by Gasteiger charge is -2.30. The molecular formula is C16H23NO5S. The maximum atomic E-state index is 12.6. The van der Waals surface area contributed by atoms with Crippen molar-refractivity contribution in [2.45, 2.75) is 37.7 Å². The van der Waals surface area contributed by atoms with Gasteiger partial charge in [-0.1, -0.05) is 0 Å². The summed E-state index contributed by atoms with van der Waals surface area (Å²) in [5, 5.41) is 0. The number of benzene rings is 1. The first-order valence-corrected chi connectivity index (χ1v) is 9.13. The number of rotatable bonds is 5. The van der Waals surface area contributed by atoms with E-state index in [-0.39, 0.29) is 22.9 Å². The first-order chi connectivity index (χ1) is 10.8. The van der Waals surface area contributed by atoms with E-state index in [1.165, 1.54) is 23.5 Å². The molecule has 0 N–H and O–H groups in total. The Bertz CT molecular complexity index is 631. The Morgan fingerprint density at radius 1 is 1.17 bits per heavy atom. The Morgan fingerprint density at radius 2 is 1.74 bits per heavy atom. The number of sulfonamides is 1. The average molecular weight is 341 g/mol. The van der Waals surface area contributed by atoms with Gasteiger partial charge in [0.1, 0.15) is 5.75 Å². The third-order valence-electron chi connectivity index (χ3n) is 3.84. The van der Waals surface area contributed by atoms with Crippen LogP contribution < -0.4 is 4.74 Å². The van der Waals surface area contributed by atoms with Gasteiger partial charge in [-0.15, -0.1) is 0 Å².